The molecular formula is C16H25N3O2. The Morgan fingerprint density at radius 1 is 1.05 bits per heavy atom. The maximum Gasteiger partial charge on any atom is 0.221 e. The minimum Gasteiger partial charge on any atom is -0.356 e. The fourth-order valence-corrected chi connectivity index (χ4v) is 1.91. The van der Waals surface area contributed by atoms with E-state index in [0.717, 1.165) is 12.0 Å². The van der Waals surface area contributed by atoms with Crippen molar-refractivity contribution >= 4 is 11.8 Å². The van der Waals surface area contributed by atoms with Gasteiger partial charge < -0.3 is 16.4 Å². The molecule has 1 rings (SSSR count). The van der Waals surface area contributed by atoms with Gasteiger partial charge in [-0.25, -0.2) is 0 Å². The average Bonchev–Trinajstić information content (AvgIpc) is 2.51. The van der Waals surface area contributed by atoms with Crippen molar-refractivity contribution in [3.63, 3.8) is 0 Å². The van der Waals surface area contributed by atoms with E-state index in [1.165, 1.54) is 0 Å². The van der Waals surface area contributed by atoms with Crippen molar-refractivity contribution in [2.45, 2.75) is 38.6 Å². The highest BCUT2D eigenvalue weighted by Crippen LogP contribution is 2.14. The third-order valence-electron chi connectivity index (χ3n) is 3.16. The van der Waals surface area contributed by atoms with Gasteiger partial charge in [0.1, 0.15) is 0 Å². The van der Waals surface area contributed by atoms with Gasteiger partial charge in [-0.2, -0.15) is 0 Å². The van der Waals surface area contributed by atoms with Crippen LogP contribution in [0.3, 0.4) is 0 Å². The SMILES string of the molecule is CCCNC(=O)CCNC(=O)CCC(N)c1ccccc1. The van der Waals surface area contributed by atoms with Crippen LogP contribution in [0.4, 0.5) is 0 Å². The third kappa shape index (κ3) is 7.46. The predicted octanol–water partition coefficient (Wildman–Crippen LogP) is 1.50. The van der Waals surface area contributed by atoms with Crippen LogP contribution >= 0.6 is 0 Å². The Kier molecular flexibility index (Phi) is 8.12. The summed E-state index contributed by atoms with van der Waals surface area (Å²) in [4.78, 5) is 23.0. The lowest BCUT2D eigenvalue weighted by Gasteiger charge is -2.11. The lowest BCUT2D eigenvalue weighted by Crippen LogP contribution is -2.31. The first-order chi connectivity index (χ1) is 10.1. The number of carbonyl (C=O) groups is 2. The number of benzene rings is 1. The monoisotopic (exact) mass is 291 g/mol. The summed E-state index contributed by atoms with van der Waals surface area (Å²) in [5.41, 5.74) is 7.06. The number of amides is 2. The van der Waals surface area contributed by atoms with Gasteiger partial charge in [-0.15, -0.1) is 0 Å². The van der Waals surface area contributed by atoms with E-state index in [9.17, 15) is 9.59 Å². The maximum absolute atomic E-state index is 11.7. The van der Waals surface area contributed by atoms with Crippen LogP contribution in [0.2, 0.25) is 0 Å². The van der Waals surface area contributed by atoms with Crippen LogP contribution in [0.25, 0.3) is 0 Å². The first kappa shape index (κ1) is 17.2. The summed E-state index contributed by atoms with van der Waals surface area (Å²) < 4.78 is 0. The van der Waals surface area contributed by atoms with Crippen LogP contribution in [0.1, 0.15) is 44.2 Å². The van der Waals surface area contributed by atoms with Gasteiger partial charge in [0.25, 0.3) is 0 Å². The molecule has 0 radical (unpaired) electrons. The molecule has 1 unspecified atom stereocenters. The molecule has 4 N–H and O–H groups in total. The highest BCUT2D eigenvalue weighted by Gasteiger charge is 2.09. The minimum absolute atomic E-state index is 0.0295. The van der Waals surface area contributed by atoms with Crippen LogP contribution in [-0.4, -0.2) is 24.9 Å². The molecule has 0 bridgehead atoms. The average molecular weight is 291 g/mol. The molecule has 1 atom stereocenters. The molecule has 1 aromatic carbocycles. The molecule has 0 spiro atoms. The van der Waals surface area contributed by atoms with Gasteiger partial charge in [0.05, 0.1) is 0 Å². The molecule has 0 saturated heterocycles. The molecule has 0 aromatic heterocycles. The van der Waals surface area contributed by atoms with Crippen LogP contribution in [0.5, 0.6) is 0 Å². The van der Waals surface area contributed by atoms with E-state index in [-0.39, 0.29) is 17.9 Å². The molecule has 21 heavy (non-hydrogen) atoms. The number of carbonyl (C=O) groups excluding carboxylic acids is 2. The Morgan fingerprint density at radius 2 is 1.67 bits per heavy atom. The molecule has 2 amide bonds. The lowest BCUT2D eigenvalue weighted by atomic mass is 10.0. The summed E-state index contributed by atoms with van der Waals surface area (Å²) in [6.45, 7) is 3.05. The van der Waals surface area contributed by atoms with Crippen molar-refractivity contribution in [2.75, 3.05) is 13.1 Å². The van der Waals surface area contributed by atoms with Crippen molar-refractivity contribution in [1.29, 1.82) is 0 Å². The van der Waals surface area contributed by atoms with Crippen molar-refractivity contribution in [2.24, 2.45) is 5.73 Å². The number of hydrogen-bond donors (Lipinski definition) is 3. The van der Waals surface area contributed by atoms with Crippen LogP contribution in [0, 0.1) is 0 Å². The van der Waals surface area contributed by atoms with Crippen molar-refractivity contribution in [3.05, 3.63) is 35.9 Å². The Morgan fingerprint density at radius 3 is 2.33 bits per heavy atom. The molecule has 116 valence electrons. The molecule has 0 heterocycles. The van der Waals surface area contributed by atoms with Gasteiger partial charge in [0.15, 0.2) is 0 Å². The second kappa shape index (κ2) is 9.94. The van der Waals surface area contributed by atoms with Gasteiger partial charge >= 0.3 is 0 Å². The molecule has 0 saturated carbocycles. The largest absolute Gasteiger partial charge is 0.356 e. The first-order valence-corrected chi connectivity index (χ1v) is 7.47. The predicted molar refractivity (Wildman–Crippen MR) is 83.5 cm³/mol. The van der Waals surface area contributed by atoms with Crippen LogP contribution in [0.15, 0.2) is 30.3 Å². The van der Waals surface area contributed by atoms with E-state index >= 15 is 0 Å². The number of nitrogens with one attached hydrogen (secondary N) is 2. The third-order valence-corrected chi connectivity index (χ3v) is 3.16. The number of rotatable bonds is 9. The minimum atomic E-state index is -0.134. The molecule has 0 aliphatic rings. The van der Waals surface area contributed by atoms with E-state index < -0.39 is 0 Å². The molecule has 5 nitrogen and oxygen atoms in total. The Balaban J connectivity index is 2.15. The summed E-state index contributed by atoms with van der Waals surface area (Å²) in [7, 11) is 0. The quantitative estimate of drug-likeness (QED) is 0.644. The van der Waals surface area contributed by atoms with Gasteiger partial charge in [-0.05, 0) is 18.4 Å². The Hall–Kier alpha value is -1.88. The zero-order valence-corrected chi connectivity index (χ0v) is 12.6. The maximum atomic E-state index is 11.7. The van der Waals surface area contributed by atoms with Crippen molar-refractivity contribution < 1.29 is 9.59 Å². The summed E-state index contributed by atoms with van der Waals surface area (Å²) in [5, 5.41) is 5.51. The summed E-state index contributed by atoms with van der Waals surface area (Å²) in [6.07, 6.45) is 2.19. The van der Waals surface area contributed by atoms with Crippen molar-refractivity contribution in [1.82, 2.24) is 10.6 Å². The number of nitrogens with two attached hydrogens (primary N) is 1. The fourth-order valence-electron chi connectivity index (χ4n) is 1.91. The molecule has 0 fully saturated rings. The molecule has 1 aromatic rings. The molecule has 0 aliphatic heterocycles. The fraction of sp³-hybridized carbons (Fsp3) is 0.500. The van der Waals surface area contributed by atoms with E-state index in [1.807, 2.05) is 37.3 Å². The van der Waals surface area contributed by atoms with E-state index in [4.69, 9.17) is 5.73 Å². The second-order valence-electron chi connectivity index (χ2n) is 5.01. The zero-order valence-electron chi connectivity index (χ0n) is 12.6. The van der Waals surface area contributed by atoms with Gasteiger partial charge in [0, 0.05) is 32.0 Å². The van der Waals surface area contributed by atoms with Gasteiger partial charge in [-0.3, -0.25) is 9.59 Å². The van der Waals surface area contributed by atoms with E-state index in [1.54, 1.807) is 0 Å². The van der Waals surface area contributed by atoms with Gasteiger partial charge in [0.2, 0.25) is 11.8 Å². The second-order valence-corrected chi connectivity index (χ2v) is 5.01. The van der Waals surface area contributed by atoms with E-state index in [0.29, 0.717) is 32.4 Å². The Bertz CT molecular complexity index is 434. The number of hydrogen-bond acceptors (Lipinski definition) is 3. The summed E-state index contributed by atoms with van der Waals surface area (Å²) >= 11 is 0. The van der Waals surface area contributed by atoms with E-state index in [2.05, 4.69) is 10.6 Å². The van der Waals surface area contributed by atoms with Gasteiger partial charge in [-0.1, -0.05) is 37.3 Å². The topological polar surface area (TPSA) is 84.2 Å². The standard InChI is InChI=1S/C16H25N3O2/c1-2-11-18-16(21)10-12-19-15(20)9-8-14(17)13-6-4-3-5-7-13/h3-7,14H,2,8-12,17H2,1H3,(H,18,21)(H,19,20). The normalized spacial score (nSPS) is 11.7. The Labute approximate surface area is 126 Å². The highest BCUT2D eigenvalue weighted by atomic mass is 16.2. The van der Waals surface area contributed by atoms with Crippen LogP contribution in [-0.2, 0) is 9.59 Å². The molecule has 5 heteroatoms. The van der Waals surface area contributed by atoms with Crippen molar-refractivity contribution in [3.8, 4) is 0 Å². The molecular weight excluding hydrogens is 266 g/mol. The van der Waals surface area contributed by atoms with Crippen LogP contribution < -0.4 is 16.4 Å². The summed E-state index contributed by atoms with van der Waals surface area (Å²) in [5.74, 6) is -0.0946. The zero-order chi connectivity index (χ0) is 15.5. The smallest absolute Gasteiger partial charge is 0.221 e. The summed E-state index contributed by atoms with van der Waals surface area (Å²) in [6, 6.07) is 9.59. The highest BCUT2D eigenvalue weighted by molar-refractivity contribution is 5.78. The first-order valence-electron chi connectivity index (χ1n) is 7.47. The molecule has 0 aliphatic carbocycles. The lowest BCUT2D eigenvalue weighted by molar-refractivity contribution is -0.122.